The van der Waals surface area contributed by atoms with Crippen molar-refractivity contribution in [2.24, 2.45) is 0 Å². The fourth-order valence-corrected chi connectivity index (χ4v) is 7.07. The Hall–Kier alpha value is -3.30. The minimum Gasteiger partial charge on any atom is -0.493 e. The maximum Gasteiger partial charge on any atom is 0.227 e. The first-order chi connectivity index (χ1) is 22.1. The third-order valence-corrected chi connectivity index (χ3v) is 9.80. The molecule has 0 aliphatic carbocycles. The highest BCUT2D eigenvalue weighted by molar-refractivity contribution is 5.93. The number of benzene rings is 2. The monoisotopic (exact) mass is 615 g/mol. The van der Waals surface area contributed by atoms with Crippen molar-refractivity contribution in [3.63, 3.8) is 0 Å². The van der Waals surface area contributed by atoms with E-state index >= 15 is 0 Å². The Morgan fingerprint density at radius 2 is 1.58 bits per heavy atom. The van der Waals surface area contributed by atoms with Crippen molar-refractivity contribution in [2.45, 2.75) is 70.9 Å². The minimum absolute atomic E-state index is 0.375. The second-order valence-electron chi connectivity index (χ2n) is 13.2. The smallest absolute Gasteiger partial charge is 0.227 e. The van der Waals surface area contributed by atoms with Crippen molar-refractivity contribution in [1.82, 2.24) is 19.8 Å². The summed E-state index contributed by atoms with van der Waals surface area (Å²) in [6.45, 7) is 14.7. The second-order valence-corrected chi connectivity index (χ2v) is 13.2. The van der Waals surface area contributed by atoms with E-state index in [1.165, 1.54) is 38.0 Å². The summed E-state index contributed by atoms with van der Waals surface area (Å²) in [5.74, 6) is 3.19. The van der Waals surface area contributed by atoms with E-state index < -0.39 is 0 Å². The molecule has 0 saturated carbocycles. The van der Waals surface area contributed by atoms with Crippen LogP contribution in [0.5, 0.6) is 11.5 Å². The van der Waals surface area contributed by atoms with Crippen molar-refractivity contribution in [1.29, 1.82) is 0 Å². The molecule has 3 saturated heterocycles. The van der Waals surface area contributed by atoms with Gasteiger partial charge in [-0.3, -0.25) is 0 Å². The van der Waals surface area contributed by atoms with Crippen LogP contribution in [0.15, 0.2) is 42.5 Å². The van der Waals surface area contributed by atoms with Crippen molar-refractivity contribution in [3.05, 3.63) is 42.5 Å². The van der Waals surface area contributed by atoms with Crippen LogP contribution >= 0.6 is 0 Å². The molecule has 3 aliphatic rings. The summed E-state index contributed by atoms with van der Waals surface area (Å²) in [5, 5.41) is 4.84. The van der Waals surface area contributed by atoms with Gasteiger partial charge in [-0.25, -0.2) is 4.98 Å². The van der Waals surface area contributed by atoms with Gasteiger partial charge < -0.3 is 34.4 Å². The van der Waals surface area contributed by atoms with Crippen LogP contribution in [0.4, 0.5) is 17.5 Å². The van der Waals surface area contributed by atoms with Gasteiger partial charge in [0.1, 0.15) is 5.82 Å². The number of nitrogens with one attached hydrogen (secondary N) is 1. The lowest BCUT2D eigenvalue weighted by Gasteiger charge is -2.35. The third-order valence-electron chi connectivity index (χ3n) is 9.80. The second kappa shape index (κ2) is 15.3. The van der Waals surface area contributed by atoms with Gasteiger partial charge in [0.25, 0.3) is 0 Å². The molecule has 1 aromatic heterocycles. The first-order valence-electron chi connectivity index (χ1n) is 17.4. The van der Waals surface area contributed by atoms with E-state index in [9.17, 15) is 0 Å². The van der Waals surface area contributed by atoms with Gasteiger partial charge in [0.15, 0.2) is 11.5 Å². The maximum absolute atomic E-state index is 6.36. The average molecular weight is 616 g/mol. The van der Waals surface area contributed by atoms with Gasteiger partial charge in [0, 0.05) is 75.0 Å². The largest absolute Gasteiger partial charge is 0.493 e. The molecule has 0 amide bonds. The van der Waals surface area contributed by atoms with Crippen molar-refractivity contribution < 1.29 is 9.47 Å². The van der Waals surface area contributed by atoms with Crippen molar-refractivity contribution in [3.8, 4) is 11.5 Å². The van der Waals surface area contributed by atoms with Crippen LogP contribution in [0.1, 0.15) is 58.8 Å². The molecule has 0 spiro atoms. The van der Waals surface area contributed by atoms with Crippen molar-refractivity contribution >= 4 is 28.4 Å². The summed E-state index contributed by atoms with van der Waals surface area (Å²) in [4.78, 5) is 20.3. The summed E-state index contributed by atoms with van der Waals surface area (Å²) in [6.07, 6.45) is 8.26. The number of anilines is 3. The molecule has 0 unspecified atom stereocenters. The van der Waals surface area contributed by atoms with Gasteiger partial charge in [-0.2, -0.15) is 4.98 Å². The Kier molecular flexibility index (Phi) is 10.8. The molecule has 0 radical (unpaired) electrons. The highest BCUT2D eigenvalue weighted by Gasteiger charge is 2.24. The van der Waals surface area contributed by atoms with E-state index in [1.54, 1.807) is 7.11 Å². The molecule has 3 aliphatic heterocycles. The lowest BCUT2D eigenvalue weighted by molar-refractivity contribution is 0.177. The Morgan fingerprint density at radius 1 is 0.822 bits per heavy atom. The molecule has 1 N–H and O–H groups in total. The van der Waals surface area contributed by atoms with Gasteiger partial charge in [-0.1, -0.05) is 24.6 Å². The Morgan fingerprint density at radius 3 is 2.33 bits per heavy atom. The molecule has 2 aromatic carbocycles. The Labute approximate surface area is 269 Å². The summed E-state index contributed by atoms with van der Waals surface area (Å²) in [5.41, 5.74) is 2.18. The normalized spacial score (nSPS) is 19.2. The number of ether oxygens (including phenoxy) is 2. The Balaban J connectivity index is 1.23. The molecule has 0 atom stereocenters. The summed E-state index contributed by atoms with van der Waals surface area (Å²) >= 11 is 0. The van der Waals surface area contributed by atoms with Gasteiger partial charge >= 0.3 is 0 Å². The number of fused-ring (bicyclic) bond motifs is 1. The van der Waals surface area contributed by atoms with E-state index in [0.717, 1.165) is 106 Å². The van der Waals surface area contributed by atoms with Gasteiger partial charge in [-0.05, 0) is 83.7 Å². The molecule has 45 heavy (non-hydrogen) atoms. The zero-order chi connectivity index (χ0) is 31.0. The number of nitrogens with zero attached hydrogens (tertiary/aromatic N) is 6. The highest BCUT2D eigenvalue weighted by Crippen LogP contribution is 2.36. The molecule has 9 heteroatoms. The number of aromatic nitrogens is 2. The topological polar surface area (TPSA) is 69.2 Å². The molecule has 0 bridgehead atoms. The van der Waals surface area contributed by atoms with E-state index in [4.69, 9.17) is 19.4 Å². The van der Waals surface area contributed by atoms with Crippen LogP contribution in [0.3, 0.4) is 0 Å². The lowest BCUT2D eigenvalue weighted by Crippen LogP contribution is -2.42. The molecule has 244 valence electrons. The van der Waals surface area contributed by atoms with Crippen LogP contribution in [-0.2, 0) is 0 Å². The van der Waals surface area contributed by atoms with Crippen LogP contribution < -0.4 is 24.6 Å². The number of hydrogen-bond donors (Lipinski definition) is 1. The van der Waals surface area contributed by atoms with Crippen LogP contribution in [0.2, 0.25) is 0 Å². The van der Waals surface area contributed by atoms with Gasteiger partial charge in [0.05, 0.1) is 19.2 Å². The molecule has 3 fully saturated rings. The molecule has 3 aromatic rings. The SMILES string of the molecule is COc1cc2c(NC3CCN(C(C)C)CC3)nc(N3CCCN(c4ccccc4)CC3)nc2cc1OCCCN1CCCCC1. The standard InChI is InChI=1S/C36H53N7O2/c1-28(2)41-21-14-29(15-22-41)37-35-31-26-33(44-3)34(45-25-11-18-40-16-8-5-9-17-40)27-32(31)38-36(39-35)43-20-10-19-42(23-24-43)30-12-6-4-7-13-30/h4,6-7,12-13,26-29H,5,8-11,14-25H2,1-3H3,(H,37,38,39). The molecular formula is C36H53N7O2. The highest BCUT2D eigenvalue weighted by atomic mass is 16.5. The van der Waals surface area contributed by atoms with Crippen LogP contribution in [-0.4, -0.2) is 104 Å². The molecular weight excluding hydrogens is 562 g/mol. The van der Waals surface area contributed by atoms with E-state index in [2.05, 4.69) is 81.2 Å². The zero-order valence-electron chi connectivity index (χ0n) is 27.7. The molecule has 9 nitrogen and oxygen atoms in total. The molecule has 4 heterocycles. The van der Waals surface area contributed by atoms with E-state index in [-0.39, 0.29) is 0 Å². The number of methoxy groups -OCH3 is 1. The zero-order valence-corrected chi connectivity index (χ0v) is 27.7. The number of para-hydroxylation sites is 1. The predicted octanol–water partition coefficient (Wildman–Crippen LogP) is 5.89. The summed E-state index contributed by atoms with van der Waals surface area (Å²) in [6, 6.07) is 15.8. The minimum atomic E-state index is 0.375. The number of likely N-dealkylation sites (tertiary alicyclic amines) is 2. The van der Waals surface area contributed by atoms with Gasteiger partial charge in [0.2, 0.25) is 5.95 Å². The first-order valence-corrected chi connectivity index (χ1v) is 17.4. The van der Waals surface area contributed by atoms with Crippen LogP contribution in [0.25, 0.3) is 10.9 Å². The average Bonchev–Trinajstić information content (AvgIpc) is 3.34. The third kappa shape index (κ3) is 8.11. The van der Waals surface area contributed by atoms with E-state index in [0.29, 0.717) is 18.7 Å². The predicted molar refractivity (Wildman–Crippen MR) is 185 cm³/mol. The van der Waals surface area contributed by atoms with Crippen molar-refractivity contribution in [2.75, 3.05) is 87.7 Å². The fourth-order valence-electron chi connectivity index (χ4n) is 7.07. The summed E-state index contributed by atoms with van der Waals surface area (Å²) in [7, 11) is 1.72. The fraction of sp³-hybridized carbons (Fsp3) is 0.611. The Bertz CT molecular complexity index is 1360. The van der Waals surface area contributed by atoms with Crippen LogP contribution in [0, 0.1) is 0 Å². The summed E-state index contributed by atoms with van der Waals surface area (Å²) < 4.78 is 12.2. The number of piperidine rings is 2. The number of hydrogen-bond acceptors (Lipinski definition) is 9. The first kappa shape index (κ1) is 31.7. The maximum atomic E-state index is 6.36. The lowest BCUT2D eigenvalue weighted by atomic mass is 10.0. The molecule has 6 rings (SSSR count). The van der Waals surface area contributed by atoms with Gasteiger partial charge in [-0.15, -0.1) is 0 Å². The van der Waals surface area contributed by atoms with E-state index in [1.807, 2.05) is 0 Å². The number of rotatable bonds is 11. The quantitative estimate of drug-likeness (QED) is 0.266.